The Kier molecular flexibility index (Phi) is 4.88. The van der Waals surface area contributed by atoms with E-state index in [0.717, 1.165) is 22.4 Å². The van der Waals surface area contributed by atoms with Crippen LogP contribution in [-0.4, -0.2) is 14.5 Å². The summed E-state index contributed by atoms with van der Waals surface area (Å²) in [6, 6.07) is 25.3. The standard InChI is InChI=1S/C25H18FN5S/c26-17-8-12-19(13-9-17)31-23(28)22-20(15-4-2-1-3-5-15)14-21(29-24(22)30-25(31)32)16-6-10-18(27)11-7-16/h1-14H,27-28H2. The van der Waals surface area contributed by atoms with Gasteiger partial charge in [0.1, 0.15) is 11.6 Å². The van der Waals surface area contributed by atoms with Crippen LogP contribution < -0.4 is 11.5 Å². The van der Waals surface area contributed by atoms with Gasteiger partial charge in [-0.05, 0) is 65.8 Å². The molecule has 0 saturated carbocycles. The molecule has 156 valence electrons. The second kappa shape index (κ2) is 7.86. The summed E-state index contributed by atoms with van der Waals surface area (Å²) >= 11 is 5.54. The molecule has 0 aliphatic heterocycles. The Bertz CT molecular complexity index is 1490. The third-order valence-corrected chi connectivity index (χ3v) is 5.54. The van der Waals surface area contributed by atoms with E-state index in [1.54, 1.807) is 16.7 Å². The summed E-state index contributed by atoms with van der Waals surface area (Å²) in [6.45, 7) is 0. The third-order valence-electron chi connectivity index (χ3n) is 5.27. The summed E-state index contributed by atoms with van der Waals surface area (Å²) in [7, 11) is 0. The van der Waals surface area contributed by atoms with Crippen LogP contribution in [0.4, 0.5) is 15.9 Å². The lowest BCUT2D eigenvalue weighted by Gasteiger charge is -2.16. The number of anilines is 2. The van der Waals surface area contributed by atoms with Crippen molar-refractivity contribution in [3.63, 3.8) is 0 Å². The van der Waals surface area contributed by atoms with Gasteiger partial charge in [0, 0.05) is 11.3 Å². The molecular weight excluding hydrogens is 421 g/mol. The first-order valence-corrected chi connectivity index (χ1v) is 10.3. The zero-order chi connectivity index (χ0) is 22.2. The van der Waals surface area contributed by atoms with E-state index in [0.29, 0.717) is 28.2 Å². The van der Waals surface area contributed by atoms with Gasteiger partial charge in [-0.15, -0.1) is 0 Å². The monoisotopic (exact) mass is 439 g/mol. The highest BCUT2D eigenvalue weighted by Gasteiger charge is 2.17. The lowest BCUT2D eigenvalue weighted by Crippen LogP contribution is -2.09. The van der Waals surface area contributed by atoms with E-state index >= 15 is 0 Å². The maximum atomic E-state index is 13.5. The predicted molar refractivity (Wildman–Crippen MR) is 129 cm³/mol. The number of pyridine rings is 1. The van der Waals surface area contributed by atoms with E-state index < -0.39 is 0 Å². The smallest absolute Gasteiger partial charge is 0.207 e. The van der Waals surface area contributed by atoms with Crippen molar-refractivity contribution in [3.8, 4) is 28.1 Å². The summed E-state index contributed by atoms with van der Waals surface area (Å²) in [5.41, 5.74) is 17.7. The molecule has 7 heteroatoms. The zero-order valence-electron chi connectivity index (χ0n) is 16.9. The molecule has 2 heterocycles. The van der Waals surface area contributed by atoms with Gasteiger partial charge in [0.15, 0.2) is 5.65 Å². The lowest BCUT2D eigenvalue weighted by molar-refractivity contribution is 0.627. The number of nitrogen functional groups attached to an aromatic ring is 2. The minimum Gasteiger partial charge on any atom is -0.399 e. The molecule has 32 heavy (non-hydrogen) atoms. The number of rotatable bonds is 3. The fourth-order valence-electron chi connectivity index (χ4n) is 3.71. The van der Waals surface area contributed by atoms with Gasteiger partial charge in [-0.2, -0.15) is 4.98 Å². The van der Waals surface area contributed by atoms with E-state index in [4.69, 9.17) is 28.7 Å². The number of nitrogens with zero attached hydrogens (tertiary/aromatic N) is 3. The quantitative estimate of drug-likeness (QED) is 0.275. The van der Waals surface area contributed by atoms with Crippen LogP contribution in [0, 0.1) is 10.6 Å². The Morgan fingerprint density at radius 1 is 0.781 bits per heavy atom. The van der Waals surface area contributed by atoms with E-state index in [9.17, 15) is 4.39 Å². The minimum atomic E-state index is -0.340. The summed E-state index contributed by atoms with van der Waals surface area (Å²) in [6.07, 6.45) is 0. The summed E-state index contributed by atoms with van der Waals surface area (Å²) in [4.78, 5) is 9.35. The molecule has 0 unspecified atom stereocenters. The van der Waals surface area contributed by atoms with E-state index in [1.807, 2.05) is 60.7 Å². The maximum absolute atomic E-state index is 13.5. The normalized spacial score (nSPS) is 11.0. The number of hydrogen-bond acceptors (Lipinski definition) is 5. The lowest BCUT2D eigenvalue weighted by atomic mass is 9.99. The molecule has 5 aromatic rings. The zero-order valence-corrected chi connectivity index (χ0v) is 17.7. The Morgan fingerprint density at radius 2 is 1.47 bits per heavy atom. The molecule has 3 aromatic carbocycles. The van der Waals surface area contributed by atoms with Crippen molar-refractivity contribution in [3.05, 3.63) is 95.5 Å². The minimum absolute atomic E-state index is 0.238. The van der Waals surface area contributed by atoms with Gasteiger partial charge in [0.05, 0.1) is 16.8 Å². The average Bonchev–Trinajstić information content (AvgIpc) is 2.80. The Hall–Kier alpha value is -4.10. The first kappa shape index (κ1) is 19.8. The van der Waals surface area contributed by atoms with Gasteiger partial charge in [0.25, 0.3) is 0 Å². The van der Waals surface area contributed by atoms with Gasteiger partial charge in [0.2, 0.25) is 4.77 Å². The van der Waals surface area contributed by atoms with Crippen molar-refractivity contribution in [1.82, 2.24) is 14.5 Å². The second-order valence-electron chi connectivity index (χ2n) is 7.33. The van der Waals surface area contributed by atoms with E-state index in [-0.39, 0.29) is 10.6 Å². The van der Waals surface area contributed by atoms with Gasteiger partial charge in [-0.1, -0.05) is 42.5 Å². The first-order chi connectivity index (χ1) is 15.5. The average molecular weight is 440 g/mol. The number of aromatic nitrogens is 3. The van der Waals surface area contributed by atoms with Crippen LogP contribution in [0.2, 0.25) is 0 Å². The van der Waals surface area contributed by atoms with Gasteiger partial charge >= 0.3 is 0 Å². The topological polar surface area (TPSA) is 82.8 Å². The second-order valence-corrected chi connectivity index (χ2v) is 7.70. The molecule has 0 saturated heterocycles. The summed E-state index contributed by atoms with van der Waals surface area (Å²) in [5, 5.41) is 0.674. The maximum Gasteiger partial charge on any atom is 0.207 e. The van der Waals surface area contributed by atoms with Crippen molar-refractivity contribution >= 4 is 34.8 Å². The van der Waals surface area contributed by atoms with Crippen LogP contribution in [0.1, 0.15) is 0 Å². The van der Waals surface area contributed by atoms with Crippen molar-refractivity contribution in [1.29, 1.82) is 0 Å². The van der Waals surface area contributed by atoms with Crippen molar-refractivity contribution in [2.75, 3.05) is 11.5 Å². The molecule has 4 N–H and O–H groups in total. The van der Waals surface area contributed by atoms with Gasteiger partial charge in [-0.3, -0.25) is 4.57 Å². The Balaban J connectivity index is 1.85. The Morgan fingerprint density at radius 3 is 2.16 bits per heavy atom. The number of hydrogen-bond donors (Lipinski definition) is 2. The van der Waals surface area contributed by atoms with Crippen molar-refractivity contribution in [2.24, 2.45) is 0 Å². The molecule has 0 aliphatic rings. The number of fused-ring (bicyclic) bond motifs is 1. The van der Waals surface area contributed by atoms with Crippen LogP contribution in [-0.2, 0) is 0 Å². The fraction of sp³-hybridized carbons (Fsp3) is 0. The van der Waals surface area contributed by atoms with Crippen LogP contribution in [0.15, 0.2) is 84.9 Å². The largest absolute Gasteiger partial charge is 0.399 e. The Labute approximate surface area is 188 Å². The molecule has 0 bridgehead atoms. The molecule has 0 amide bonds. The summed E-state index contributed by atoms with van der Waals surface area (Å²) < 4.78 is 15.3. The van der Waals surface area contributed by atoms with Gasteiger partial charge < -0.3 is 11.5 Å². The fourth-order valence-corrected chi connectivity index (χ4v) is 4.00. The molecule has 5 rings (SSSR count). The first-order valence-electron chi connectivity index (χ1n) is 9.92. The van der Waals surface area contributed by atoms with Crippen molar-refractivity contribution in [2.45, 2.75) is 0 Å². The van der Waals surface area contributed by atoms with Gasteiger partial charge in [-0.25, -0.2) is 9.37 Å². The van der Waals surface area contributed by atoms with Crippen LogP contribution in [0.5, 0.6) is 0 Å². The molecule has 5 nitrogen and oxygen atoms in total. The van der Waals surface area contributed by atoms with E-state index in [2.05, 4.69) is 4.98 Å². The predicted octanol–water partition coefficient (Wildman–Crippen LogP) is 5.79. The highest BCUT2D eigenvalue weighted by atomic mass is 32.1. The third kappa shape index (κ3) is 3.48. The van der Waals surface area contributed by atoms with Crippen LogP contribution in [0.3, 0.4) is 0 Å². The number of nitrogens with two attached hydrogens (primary N) is 2. The molecule has 2 aromatic heterocycles. The van der Waals surface area contributed by atoms with E-state index in [1.165, 1.54) is 12.1 Å². The van der Waals surface area contributed by atoms with Crippen molar-refractivity contribution < 1.29 is 4.39 Å². The highest BCUT2D eigenvalue weighted by Crippen LogP contribution is 2.35. The number of benzene rings is 3. The molecule has 0 atom stereocenters. The van der Waals surface area contributed by atoms with Crippen LogP contribution in [0.25, 0.3) is 39.1 Å². The van der Waals surface area contributed by atoms with Crippen LogP contribution >= 0.6 is 12.2 Å². The molecule has 0 spiro atoms. The molecule has 0 radical (unpaired) electrons. The number of halogens is 1. The SMILES string of the molecule is Nc1ccc(-c2cc(-c3ccccc3)c3c(N)n(-c4ccc(F)cc4)c(=S)nc3n2)cc1. The molecule has 0 aliphatic carbocycles. The molecular formula is C25H18FN5S. The highest BCUT2D eigenvalue weighted by molar-refractivity contribution is 7.71. The molecule has 0 fully saturated rings. The summed E-state index contributed by atoms with van der Waals surface area (Å²) in [5.74, 6) is 0.0502.